The van der Waals surface area contributed by atoms with Crippen molar-refractivity contribution in [2.24, 2.45) is 5.92 Å². The summed E-state index contributed by atoms with van der Waals surface area (Å²) < 4.78 is 20.2. The van der Waals surface area contributed by atoms with Crippen LogP contribution in [0.3, 0.4) is 0 Å². The molecule has 0 aliphatic carbocycles. The lowest BCUT2D eigenvalue weighted by Gasteiger charge is -2.34. The number of rotatable bonds is 7. The molecule has 3 nitrogen and oxygen atoms in total. The van der Waals surface area contributed by atoms with Gasteiger partial charge in [0.05, 0.1) is 6.61 Å². The number of unbranched alkanes of at least 4 members (excludes halogenated alkanes) is 2. The summed E-state index contributed by atoms with van der Waals surface area (Å²) in [6.07, 6.45) is 5.45. The van der Waals surface area contributed by atoms with Crippen LogP contribution in [0.2, 0.25) is 0 Å². The van der Waals surface area contributed by atoms with Gasteiger partial charge in [0.25, 0.3) is 0 Å². The highest BCUT2D eigenvalue weighted by Gasteiger charge is 2.35. The average molecular weight is 617 g/mol. The van der Waals surface area contributed by atoms with Crippen LogP contribution in [0.1, 0.15) is 156 Å². The summed E-state index contributed by atoms with van der Waals surface area (Å²) in [4.78, 5) is 0. The fourth-order valence-corrected chi connectivity index (χ4v) is 6.38. The van der Waals surface area contributed by atoms with Crippen LogP contribution in [0.4, 0.5) is 0 Å². The third kappa shape index (κ3) is 9.68. The van der Waals surface area contributed by atoms with Crippen molar-refractivity contribution in [3.8, 4) is 11.5 Å². The molecular weight excluding hydrogens is 554 g/mol. The van der Waals surface area contributed by atoms with Gasteiger partial charge in [-0.15, -0.1) is 0 Å². The molecule has 5 heteroatoms. The second-order valence-electron chi connectivity index (χ2n) is 16.7. The Morgan fingerprint density at radius 2 is 1.07 bits per heavy atom. The molecule has 0 aromatic heterocycles. The molecule has 2 aromatic carbocycles. The Hall–Kier alpha value is -1.14. The minimum absolute atomic E-state index is 0. The molecule has 1 aliphatic heterocycles. The van der Waals surface area contributed by atoms with Gasteiger partial charge in [-0.3, -0.25) is 4.52 Å². The molecule has 0 N–H and O–H groups in total. The maximum Gasteiger partial charge on any atom is 0.463 e. The van der Waals surface area contributed by atoms with E-state index in [4.69, 9.17) is 13.6 Å². The Kier molecular flexibility index (Phi) is 12.2. The third-order valence-corrected chi connectivity index (χ3v) is 9.07. The predicted molar refractivity (Wildman–Crippen MR) is 189 cm³/mol. The quantitative estimate of drug-likeness (QED) is 0.229. The molecule has 0 radical (unpaired) electrons. The number of benzene rings is 2. The van der Waals surface area contributed by atoms with Crippen LogP contribution in [-0.4, -0.2) is 6.61 Å². The van der Waals surface area contributed by atoms with Gasteiger partial charge < -0.3 is 9.05 Å². The first-order valence-electron chi connectivity index (χ1n) is 15.8. The molecule has 3 rings (SSSR count). The molecule has 1 atom stereocenters. The number of hydrogen-bond acceptors (Lipinski definition) is 3. The van der Waals surface area contributed by atoms with E-state index in [-0.39, 0.29) is 31.6 Å². The summed E-state index contributed by atoms with van der Waals surface area (Å²) in [6, 6.07) is 9.46. The number of fused-ring (bicyclic) bond motifs is 2. The zero-order valence-electron chi connectivity index (χ0n) is 29.5. The van der Waals surface area contributed by atoms with Crippen molar-refractivity contribution in [2.75, 3.05) is 6.61 Å². The highest BCUT2D eigenvalue weighted by molar-refractivity contribution is 7.42. The first-order chi connectivity index (χ1) is 18.7. The monoisotopic (exact) mass is 616 g/mol. The zero-order chi connectivity index (χ0) is 31.0. The van der Waals surface area contributed by atoms with E-state index in [1.54, 1.807) is 0 Å². The molecular formula is C37H62O3P2. The smallest absolute Gasteiger partial charge is 0.417 e. The van der Waals surface area contributed by atoms with Crippen LogP contribution < -0.4 is 9.05 Å². The summed E-state index contributed by atoms with van der Waals surface area (Å²) in [5.41, 5.74) is 7.46. The molecule has 0 amide bonds. The molecule has 0 spiro atoms. The summed E-state index contributed by atoms with van der Waals surface area (Å²) in [5, 5.41) is 0. The van der Waals surface area contributed by atoms with E-state index in [0.29, 0.717) is 6.61 Å². The fourth-order valence-electron chi connectivity index (χ4n) is 5.23. The van der Waals surface area contributed by atoms with E-state index >= 15 is 0 Å². The normalized spacial score (nSPS) is 14.7. The fraction of sp³-hybridized carbons (Fsp3) is 0.676. The summed E-state index contributed by atoms with van der Waals surface area (Å²) in [6.45, 7) is 32.7. The van der Waals surface area contributed by atoms with Crippen LogP contribution in [-0.2, 0) is 32.6 Å². The van der Waals surface area contributed by atoms with Gasteiger partial charge in [0.2, 0.25) is 0 Å². The first kappa shape index (κ1) is 37.0. The summed E-state index contributed by atoms with van der Waals surface area (Å²) in [7, 11) is -1.62. The van der Waals surface area contributed by atoms with Crippen LogP contribution in [0.5, 0.6) is 11.5 Å². The van der Waals surface area contributed by atoms with Crippen molar-refractivity contribution < 1.29 is 13.6 Å². The van der Waals surface area contributed by atoms with Gasteiger partial charge in [0, 0.05) is 17.5 Å². The van der Waals surface area contributed by atoms with Gasteiger partial charge in [-0.1, -0.05) is 140 Å². The molecule has 42 heavy (non-hydrogen) atoms. The van der Waals surface area contributed by atoms with E-state index in [1.807, 2.05) is 0 Å². The lowest BCUT2D eigenvalue weighted by atomic mass is 9.76. The van der Waals surface area contributed by atoms with Crippen molar-refractivity contribution in [3.63, 3.8) is 0 Å². The van der Waals surface area contributed by atoms with E-state index in [9.17, 15) is 0 Å². The predicted octanol–water partition coefficient (Wildman–Crippen LogP) is 11.8. The van der Waals surface area contributed by atoms with Crippen LogP contribution in [0, 0.1) is 5.92 Å². The van der Waals surface area contributed by atoms with Crippen molar-refractivity contribution in [1.29, 1.82) is 0 Å². The molecule has 2 aromatic rings. The first-order valence-corrected chi connectivity index (χ1v) is 16.9. The van der Waals surface area contributed by atoms with E-state index in [2.05, 4.69) is 121 Å². The lowest BCUT2D eigenvalue weighted by molar-refractivity contribution is 0.253. The largest absolute Gasteiger partial charge is 0.463 e. The molecule has 1 aliphatic rings. The Balaban J connectivity index is 0.00000616. The number of hydrogen-bond donors (Lipinski definition) is 0. The molecule has 0 saturated carbocycles. The molecule has 0 bridgehead atoms. The van der Waals surface area contributed by atoms with Gasteiger partial charge in [0.1, 0.15) is 11.5 Å². The van der Waals surface area contributed by atoms with Crippen LogP contribution in [0.15, 0.2) is 24.3 Å². The van der Waals surface area contributed by atoms with Gasteiger partial charge >= 0.3 is 8.60 Å². The van der Waals surface area contributed by atoms with Crippen molar-refractivity contribution in [3.05, 3.63) is 57.6 Å². The average Bonchev–Trinajstić information content (AvgIpc) is 2.78. The highest BCUT2D eigenvalue weighted by Crippen LogP contribution is 2.53. The minimum atomic E-state index is -1.62. The second kappa shape index (κ2) is 13.9. The molecule has 1 unspecified atom stereocenters. The van der Waals surface area contributed by atoms with Gasteiger partial charge in [-0.05, 0) is 56.3 Å². The minimum Gasteiger partial charge on any atom is -0.417 e. The second-order valence-corrected chi connectivity index (χ2v) is 17.8. The Bertz CT molecular complexity index is 1100. The molecule has 0 saturated heterocycles. The topological polar surface area (TPSA) is 27.7 Å². The van der Waals surface area contributed by atoms with Gasteiger partial charge in [-0.2, -0.15) is 9.90 Å². The van der Waals surface area contributed by atoms with Crippen LogP contribution >= 0.6 is 18.5 Å². The standard InChI is InChI=1S/C37H59O3P.H3P/c1-25(2)18-16-15-17-19-38-41-39-32-26(21-28(34(3,4)5)23-30(32)36(9,10)11)20-27-22-29(35(6,7)8)24-31(33(27)40-41)37(12,13)14;/h21-25H,15-20H2,1-14H3;1H3. The maximum atomic E-state index is 6.85. The Morgan fingerprint density at radius 1 is 0.643 bits per heavy atom. The highest BCUT2D eigenvalue weighted by atomic mass is 31.2. The zero-order valence-corrected chi connectivity index (χ0v) is 31.8. The Labute approximate surface area is 263 Å². The van der Waals surface area contributed by atoms with Crippen molar-refractivity contribution in [1.82, 2.24) is 0 Å². The molecule has 238 valence electrons. The van der Waals surface area contributed by atoms with E-state index in [0.717, 1.165) is 30.3 Å². The van der Waals surface area contributed by atoms with Gasteiger partial charge in [0.15, 0.2) is 0 Å². The van der Waals surface area contributed by atoms with Crippen molar-refractivity contribution >= 4 is 18.5 Å². The Morgan fingerprint density at radius 3 is 1.43 bits per heavy atom. The third-order valence-electron chi connectivity index (χ3n) is 8.01. The van der Waals surface area contributed by atoms with Crippen LogP contribution in [0.25, 0.3) is 0 Å². The molecule has 0 fully saturated rings. The van der Waals surface area contributed by atoms with Gasteiger partial charge in [-0.25, -0.2) is 0 Å². The summed E-state index contributed by atoms with van der Waals surface area (Å²) >= 11 is 0. The SMILES string of the molecule is CC(C)CCCCCOP1Oc2c(cc(C(C)(C)C)cc2C(C)(C)C)Cc2cc(C(C)(C)C)cc(C(C)(C)C)c2O1.P. The summed E-state index contributed by atoms with van der Waals surface area (Å²) in [5.74, 6) is 2.63. The maximum absolute atomic E-state index is 6.85. The lowest BCUT2D eigenvalue weighted by Crippen LogP contribution is -2.22. The molecule has 1 heterocycles. The van der Waals surface area contributed by atoms with E-state index < -0.39 is 8.60 Å². The van der Waals surface area contributed by atoms with E-state index in [1.165, 1.54) is 52.6 Å². The van der Waals surface area contributed by atoms with Crippen molar-refractivity contribution in [2.45, 2.75) is 151 Å².